The van der Waals surface area contributed by atoms with Crippen molar-refractivity contribution in [3.05, 3.63) is 93.1 Å². The fourth-order valence-corrected chi connectivity index (χ4v) is 4.76. The molecular formula is C26H18Br2N8. The maximum Gasteiger partial charge on any atom is 0.176 e. The number of fused-ring (bicyclic) bond motifs is 3. The maximum atomic E-state index is 4.41. The van der Waals surface area contributed by atoms with Crippen LogP contribution in [0.25, 0.3) is 32.6 Å². The number of rotatable bonds is 6. The molecule has 0 bridgehead atoms. The van der Waals surface area contributed by atoms with Gasteiger partial charge in [-0.2, -0.15) is 10.2 Å². The molecule has 8 nitrogen and oxygen atoms in total. The molecule has 3 heterocycles. The minimum absolute atomic E-state index is 0.555. The van der Waals surface area contributed by atoms with Gasteiger partial charge in [-0.1, -0.05) is 56.1 Å². The number of hydrogen-bond acceptors (Lipinski definition) is 6. The van der Waals surface area contributed by atoms with Crippen LogP contribution >= 0.6 is 31.9 Å². The van der Waals surface area contributed by atoms with E-state index in [1.54, 1.807) is 12.4 Å². The molecule has 0 spiro atoms. The summed E-state index contributed by atoms with van der Waals surface area (Å²) in [4.78, 5) is 6.50. The average Bonchev–Trinajstić information content (AvgIpc) is 3.48. The Morgan fingerprint density at radius 1 is 0.639 bits per heavy atom. The lowest BCUT2D eigenvalue weighted by molar-refractivity contribution is 1.03. The Morgan fingerprint density at radius 3 is 1.58 bits per heavy atom. The first-order valence-corrected chi connectivity index (χ1v) is 12.6. The molecule has 6 rings (SSSR count). The molecule has 0 amide bonds. The fraction of sp³-hybridized carbons (Fsp3) is 0. The molecule has 0 fully saturated rings. The van der Waals surface area contributed by atoms with Gasteiger partial charge in [-0.15, -0.1) is 10.2 Å². The summed E-state index contributed by atoms with van der Waals surface area (Å²) >= 11 is 7.04. The van der Waals surface area contributed by atoms with Gasteiger partial charge in [0.25, 0.3) is 0 Å². The van der Waals surface area contributed by atoms with E-state index in [0.717, 1.165) is 52.7 Å². The van der Waals surface area contributed by atoms with Crippen molar-refractivity contribution in [3.8, 4) is 0 Å². The fourth-order valence-electron chi connectivity index (χ4n) is 4.04. The molecule has 176 valence electrons. The third-order valence-electron chi connectivity index (χ3n) is 5.79. The predicted octanol–water partition coefficient (Wildman–Crippen LogP) is 7.01. The Labute approximate surface area is 222 Å². The molecule has 0 unspecified atom stereocenters. The first kappa shape index (κ1) is 22.4. The smallest absolute Gasteiger partial charge is 0.176 e. The van der Waals surface area contributed by atoms with E-state index in [-0.39, 0.29) is 0 Å². The highest BCUT2D eigenvalue weighted by atomic mass is 79.9. The molecule has 10 heteroatoms. The van der Waals surface area contributed by atoms with E-state index in [2.05, 4.69) is 85.2 Å². The lowest BCUT2D eigenvalue weighted by atomic mass is 10.2. The first-order chi connectivity index (χ1) is 17.7. The van der Waals surface area contributed by atoms with Crippen LogP contribution in [0.2, 0.25) is 0 Å². The van der Waals surface area contributed by atoms with Crippen LogP contribution in [0.1, 0.15) is 11.1 Å². The first-order valence-electron chi connectivity index (χ1n) is 11.0. The molecule has 0 radical (unpaired) electrons. The minimum Gasteiger partial charge on any atom is -0.361 e. The molecule has 3 aromatic carbocycles. The van der Waals surface area contributed by atoms with Crippen molar-refractivity contribution >= 4 is 88.5 Å². The number of aromatic amines is 2. The van der Waals surface area contributed by atoms with Crippen molar-refractivity contribution in [3.63, 3.8) is 0 Å². The molecule has 3 aromatic heterocycles. The Morgan fingerprint density at radius 2 is 1.11 bits per heavy atom. The van der Waals surface area contributed by atoms with Crippen LogP contribution in [-0.4, -0.2) is 32.6 Å². The highest BCUT2D eigenvalue weighted by molar-refractivity contribution is 9.10. The van der Waals surface area contributed by atoms with Gasteiger partial charge >= 0.3 is 0 Å². The van der Waals surface area contributed by atoms with Gasteiger partial charge in [-0.3, -0.25) is 10.9 Å². The maximum absolute atomic E-state index is 4.41. The van der Waals surface area contributed by atoms with Crippen molar-refractivity contribution in [1.82, 2.24) is 20.2 Å². The van der Waals surface area contributed by atoms with Crippen LogP contribution < -0.4 is 10.9 Å². The highest BCUT2D eigenvalue weighted by Gasteiger charge is 2.09. The number of benzene rings is 3. The molecule has 0 aliphatic heterocycles. The summed E-state index contributed by atoms with van der Waals surface area (Å²) in [6, 6.07) is 20.0. The summed E-state index contributed by atoms with van der Waals surface area (Å²) in [6.45, 7) is 0. The van der Waals surface area contributed by atoms with Crippen LogP contribution in [0, 0.1) is 0 Å². The topological polar surface area (TPSA) is 106 Å². The minimum atomic E-state index is 0.555. The van der Waals surface area contributed by atoms with Gasteiger partial charge in [0.05, 0.1) is 12.4 Å². The van der Waals surface area contributed by atoms with Gasteiger partial charge in [-0.25, -0.2) is 0 Å². The molecule has 0 aliphatic carbocycles. The molecule has 0 saturated carbocycles. The van der Waals surface area contributed by atoms with Crippen molar-refractivity contribution < 1.29 is 0 Å². The summed E-state index contributed by atoms with van der Waals surface area (Å²) in [6.07, 6.45) is 7.36. The molecule has 6 aromatic rings. The second-order valence-electron chi connectivity index (χ2n) is 8.05. The van der Waals surface area contributed by atoms with Crippen molar-refractivity contribution in [2.24, 2.45) is 10.2 Å². The number of anilines is 2. The quantitative estimate of drug-likeness (QED) is 0.122. The van der Waals surface area contributed by atoms with Crippen molar-refractivity contribution in [2.75, 3.05) is 10.9 Å². The van der Waals surface area contributed by atoms with Gasteiger partial charge < -0.3 is 9.97 Å². The zero-order valence-electron chi connectivity index (χ0n) is 18.6. The number of nitrogens with one attached hydrogen (secondary N) is 4. The number of nitrogens with zero attached hydrogens (tertiary/aromatic N) is 4. The molecule has 36 heavy (non-hydrogen) atoms. The van der Waals surface area contributed by atoms with Crippen LogP contribution in [0.15, 0.2) is 92.2 Å². The van der Waals surface area contributed by atoms with Gasteiger partial charge in [0.2, 0.25) is 0 Å². The zero-order valence-corrected chi connectivity index (χ0v) is 21.8. The van der Waals surface area contributed by atoms with E-state index in [4.69, 9.17) is 0 Å². The van der Waals surface area contributed by atoms with Crippen LogP contribution in [0.4, 0.5) is 11.6 Å². The summed E-state index contributed by atoms with van der Waals surface area (Å²) in [5.74, 6) is 1.11. The molecule has 0 aliphatic rings. The van der Waals surface area contributed by atoms with Gasteiger partial charge in [0, 0.05) is 65.0 Å². The predicted molar refractivity (Wildman–Crippen MR) is 154 cm³/mol. The Bertz CT molecular complexity index is 1650. The van der Waals surface area contributed by atoms with E-state index in [1.807, 2.05) is 60.9 Å². The number of aromatic nitrogens is 4. The van der Waals surface area contributed by atoms with E-state index < -0.39 is 0 Å². The third-order valence-corrected chi connectivity index (χ3v) is 6.77. The normalized spacial score (nSPS) is 11.9. The highest BCUT2D eigenvalue weighted by Crippen LogP contribution is 2.27. The second-order valence-corrected chi connectivity index (χ2v) is 9.88. The Hall–Kier alpha value is -4.02. The summed E-state index contributed by atoms with van der Waals surface area (Å²) < 4.78 is 2.02. The summed E-state index contributed by atoms with van der Waals surface area (Å²) in [7, 11) is 0. The van der Waals surface area contributed by atoms with Gasteiger partial charge in [0.15, 0.2) is 11.6 Å². The van der Waals surface area contributed by atoms with Crippen LogP contribution in [-0.2, 0) is 0 Å². The number of halogens is 2. The third kappa shape index (κ3) is 4.36. The SMILES string of the molecule is Brc1ccc2[nH]cc(/C=N/Nc3nnc(N/N=C/c4c[nH]c5ccc(Br)cc45)c4ccccc34)c2c1. The van der Waals surface area contributed by atoms with Gasteiger partial charge in [-0.05, 0) is 36.4 Å². The summed E-state index contributed by atoms with van der Waals surface area (Å²) in [5.41, 5.74) is 10.1. The molecule has 0 saturated heterocycles. The lowest BCUT2D eigenvalue weighted by Gasteiger charge is -2.07. The number of hydrazone groups is 2. The number of hydrogen-bond donors (Lipinski definition) is 4. The largest absolute Gasteiger partial charge is 0.361 e. The van der Waals surface area contributed by atoms with Crippen molar-refractivity contribution in [1.29, 1.82) is 0 Å². The van der Waals surface area contributed by atoms with Crippen LogP contribution in [0.3, 0.4) is 0 Å². The van der Waals surface area contributed by atoms with Crippen LogP contribution in [0.5, 0.6) is 0 Å². The number of H-pyrrole nitrogens is 2. The van der Waals surface area contributed by atoms with E-state index in [1.165, 1.54) is 0 Å². The Kier molecular flexibility index (Phi) is 5.96. The van der Waals surface area contributed by atoms with Gasteiger partial charge in [0.1, 0.15) is 0 Å². The van der Waals surface area contributed by atoms with E-state index >= 15 is 0 Å². The monoisotopic (exact) mass is 600 g/mol. The lowest BCUT2D eigenvalue weighted by Crippen LogP contribution is -2.01. The van der Waals surface area contributed by atoms with E-state index in [9.17, 15) is 0 Å². The molecular weight excluding hydrogens is 584 g/mol. The zero-order chi connectivity index (χ0) is 24.5. The van der Waals surface area contributed by atoms with Crippen molar-refractivity contribution in [2.45, 2.75) is 0 Å². The molecule has 0 atom stereocenters. The standard InChI is InChI=1S/C26H18Br2N8/c27-17-5-7-23-21(9-17)15(11-29-23)13-31-33-25-19-3-1-2-4-20(19)26(36-35-25)34-32-14-16-12-30-24-8-6-18(28)10-22(16)24/h1-14,29-30H,(H,33,35)(H,34,36)/b31-13+,32-14+. The average molecular weight is 602 g/mol. The molecule has 4 N–H and O–H groups in total. The Balaban J connectivity index is 1.24. The summed E-state index contributed by atoms with van der Waals surface area (Å²) in [5, 5.41) is 21.4. The van der Waals surface area contributed by atoms with E-state index in [0.29, 0.717) is 11.6 Å². The second kappa shape index (κ2) is 9.56.